The van der Waals surface area contributed by atoms with E-state index in [0.717, 1.165) is 39.0 Å². The second-order valence-electron chi connectivity index (χ2n) is 4.01. The molecule has 68 valence electrons. The number of likely N-dealkylation sites (tertiary alicyclic amines) is 1. The van der Waals surface area contributed by atoms with Gasteiger partial charge in [-0.3, -0.25) is 5.32 Å². The SMILES string of the molecule is CCN1CCC2(CC[NH2+]C2=O)C1. The first-order valence-corrected chi connectivity index (χ1v) is 4.87. The normalized spacial score (nSPS) is 36.9. The van der Waals surface area contributed by atoms with E-state index in [2.05, 4.69) is 11.8 Å². The van der Waals surface area contributed by atoms with Crippen LogP contribution in [0.15, 0.2) is 0 Å². The predicted molar refractivity (Wildman–Crippen MR) is 45.6 cm³/mol. The van der Waals surface area contributed by atoms with Gasteiger partial charge >= 0.3 is 5.91 Å². The molecule has 2 rings (SSSR count). The molecule has 2 N–H and O–H groups in total. The zero-order valence-corrected chi connectivity index (χ0v) is 7.68. The molecule has 2 fully saturated rings. The summed E-state index contributed by atoms with van der Waals surface area (Å²) in [5, 5.41) is 1.89. The zero-order valence-electron chi connectivity index (χ0n) is 7.68. The van der Waals surface area contributed by atoms with Crippen LogP contribution in [-0.2, 0) is 4.79 Å². The van der Waals surface area contributed by atoms with E-state index in [9.17, 15) is 4.79 Å². The van der Waals surface area contributed by atoms with Gasteiger partial charge in [0.25, 0.3) is 0 Å². The first kappa shape index (κ1) is 8.20. The van der Waals surface area contributed by atoms with Gasteiger partial charge in [0.1, 0.15) is 5.41 Å². The summed E-state index contributed by atoms with van der Waals surface area (Å²) >= 11 is 0. The lowest BCUT2D eigenvalue weighted by Crippen LogP contribution is -2.86. The third-order valence-corrected chi connectivity index (χ3v) is 3.36. The minimum atomic E-state index is 0.0516. The number of carbonyl (C=O) groups excluding carboxylic acids is 1. The largest absolute Gasteiger partial charge is 0.318 e. The van der Waals surface area contributed by atoms with E-state index < -0.39 is 0 Å². The van der Waals surface area contributed by atoms with E-state index in [4.69, 9.17) is 0 Å². The van der Waals surface area contributed by atoms with Crippen LogP contribution in [0.25, 0.3) is 0 Å². The van der Waals surface area contributed by atoms with E-state index in [1.165, 1.54) is 0 Å². The van der Waals surface area contributed by atoms with E-state index in [1.807, 2.05) is 5.32 Å². The number of amides is 1. The number of nitrogens with zero attached hydrogens (tertiary/aromatic N) is 1. The highest BCUT2D eigenvalue weighted by Crippen LogP contribution is 2.34. The molecule has 0 radical (unpaired) electrons. The molecule has 0 aliphatic carbocycles. The predicted octanol–water partition coefficient (Wildman–Crippen LogP) is -0.808. The fourth-order valence-corrected chi connectivity index (χ4v) is 2.45. The Labute approximate surface area is 73.1 Å². The number of rotatable bonds is 1. The van der Waals surface area contributed by atoms with Gasteiger partial charge in [-0.1, -0.05) is 6.92 Å². The Morgan fingerprint density at radius 3 is 2.92 bits per heavy atom. The molecule has 1 amide bonds. The van der Waals surface area contributed by atoms with Crippen molar-refractivity contribution in [2.45, 2.75) is 19.8 Å². The molecular weight excluding hydrogens is 152 g/mol. The molecule has 2 aliphatic rings. The van der Waals surface area contributed by atoms with Crippen molar-refractivity contribution in [3.63, 3.8) is 0 Å². The van der Waals surface area contributed by atoms with Crippen molar-refractivity contribution in [2.24, 2.45) is 5.41 Å². The van der Waals surface area contributed by atoms with Gasteiger partial charge < -0.3 is 4.90 Å². The Hall–Kier alpha value is -0.410. The molecule has 3 heteroatoms. The van der Waals surface area contributed by atoms with Crippen LogP contribution in [-0.4, -0.2) is 37.0 Å². The number of carbonyl (C=O) groups is 1. The molecule has 2 aliphatic heterocycles. The molecule has 0 saturated carbocycles. The van der Waals surface area contributed by atoms with E-state index in [-0.39, 0.29) is 5.41 Å². The van der Waals surface area contributed by atoms with Crippen molar-refractivity contribution in [1.29, 1.82) is 0 Å². The second-order valence-corrected chi connectivity index (χ2v) is 4.01. The first-order chi connectivity index (χ1) is 5.77. The summed E-state index contributed by atoms with van der Waals surface area (Å²) in [6.07, 6.45) is 2.19. The van der Waals surface area contributed by atoms with Crippen LogP contribution in [0.4, 0.5) is 0 Å². The Balaban J connectivity index is 2.08. The van der Waals surface area contributed by atoms with Gasteiger partial charge in [0.2, 0.25) is 0 Å². The third-order valence-electron chi connectivity index (χ3n) is 3.36. The molecule has 1 unspecified atom stereocenters. The van der Waals surface area contributed by atoms with Crippen LogP contribution < -0.4 is 5.32 Å². The smallest absolute Gasteiger partial charge is 0.302 e. The third kappa shape index (κ3) is 1.08. The Bertz CT molecular complexity index is 205. The maximum atomic E-state index is 11.6. The maximum absolute atomic E-state index is 11.6. The molecular formula is C9H17N2O+. The van der Waals surface area contributed by atoms with Crippen molar-refractivity contribution in [1.82, 2.24) is 4.90 Å². The minimum absolute atomic E-state index is 0.0516. The quantitative estimate of drug-likeness (QED) is 0.557. The summed E-state index contributed by atoms with van der Waals surface area (Å²) in [6, 6.07) is 0. The Morgan fingerprint density at radius 2 is 2.42 bits per heavy atom. The number of quaternary nitrogens is 1. The van der Waals surface area contributed by atoms with Gasteiger partial charge in [-0.25, -0.2) is 4.79 Å². The molecule has 2 heterocycles. The fourth-order valence-electron chi connectivity index (χ4n) is 2.45. The summed E-state index contributed by atoms with van der Waals surface area (Å²) in [7, 11) is 0. The molecule has 0 aromatic heterocycles. The number of primary amides is 1. The molecule has 1 spiro atoms. The lowest BCUT2D eigenvalue weighted by atomic mass is 9.86. The number of hydrogen-bond acceptors (Lipinski definition) is 2. The monoisotopic (exact) mass is 169 g/mol. The highest BCUT2D eigenvalue weighted by Gasteiger charge is 2.50. The van der Waals surface area contributed by atoms with Gasteiger partial charge in [0, 0.05) is 13.0 Å². The summed E-state index contributed by atoms with van der Waals surface area (Å²) in [5.41, 5.74) is 0.0516. The van der Waals surface area contributed by atoms with Gasteiger partial charge in [-0.05, 0) is 19.5 Å². The van der Waals surface area contributed by atoms with E-state index in [0.29, 0.717) is 5.91 Å². The Kier molecular flexibility index (Phi) is 1.93. The standard InChI is InChI=1S/C9H16N2O/c1-2-11-6-4-9(7-11)3-5-10-8(9)12/h2-7H2,1H3,(H,10,12)/p+1. The van der Waals surface area contributed by atoms with Crippen LogP contribution >= 0.6 is 0 Å². The van der Waals surface area contributed by atoms with Crippen LogP contribution in [0.2, 0.25) is 0 Å². The van der Waals surface area contributed by atoms with E-state index in [1.54, 1.807) is 0 Å². The van der Waals surface area contributed by atoms with Crippen molar-refractivity contribution in [2.75, 3.05) is 26.2 Å². The summed E-state index contributed by atoms with van der Waals surface area (Å²) in [6.45, 7) is 6.41. The second kappa shape index (κ2) is 2.82. The highest BCUT2D eigenvalue weighted by molar-refractivity contribution is 5.75. The van der Waals surface area contributed by atoms with Crippen LogP contribution in [0.5, 0.6) is 0 Å². The summed E-state index contributed by atoms with van der Waals surface area (Å²) in [4.78, 5) is 14.0. The van der Waals surface area contributed by atoms with Crippen LogP contribution in [0, 0.1) is 5.41 Å². The average Bonchev–Trinajstić information content (AvgIpc) is 2.63. The van der Waals surface area contributed by atoms with Gasteiger partial charge in [0.15, 0.2) is 0 Å². The zero-order chi connectivity index (χ0) is 8.60. The van der Waals surface area contributed by atoms with Crippen molar-refractivity contribution >= 4 is 5.91 Å². The number of hydrogen-bond donors (Lipinski definition) is 1. The van der Waals surface area contributed by atoms with Gasteiger partial charge in [-0.2, -0.15) is 0 Å². The van der Waals surface area contributed by atoms with Crippen molar-refractivity contribution in [3.8, 4) is 0 Å². The summed E-state index contributed by atoms with van der Waals surface area (Å²) in [5.74, 6) is 0.415. The van der Waals surface area contributed by atoms with Crippen molar-refractivity contribution in [3.05, 3.63) is 0 Å². The van der Waals surface area contributed by atoms with E-state index >= 15 is 0 Å². The van der Waals surface area contributed by atoms with Gasteiger partial charge in [-0.15, -0.1) is 0 Å². The van der Waals surface area contributed by atoms with Gasteiger partial charge in [0.05, 0.1) is 6.54 Å². The Morgan fingerprint density at radius 1 is 1.58 bits per heavy atom. The lowest BCUT2D eigenvalue weighted by Gasteiger charge is -2.16. The number of nitrogens with two attached hydrogens (primary N) is 1. The molecule has 0 aromatic rings. The molecule has 1 atom stereocenters. The fraction of sp³-hybridized carbons (Fsp3) is 0.889. The van der Waals surface area contributed by atoms with Crippen LogP contribution in [0.1, 0.15) is 19.8 Å². The highest BCUT2D eigenvalue weighted by atomic mass is 16.2. The molecule has 0 aromatic carbocycles. The average molecular weight is 169 g/mol. The summed E-state index contributed by atoms with van der Waals surface area (Å²) < 4.78 is 0. The maximum Gasteiger partial charge on any atom is 0.318 e. The topological polar surface area (TPSA) is 36.9 Å². The molecule has 3 nitrogen and oxygen atoms in total. The minimum Gasteiger partial charge on any atom is -0.302 e. The molecule has 0 bridgehead atoms. The first-order valence-electron chi connectivity index (χ1n) is 4.87. The molecule has 2 saturated heterocycles. The van der Waals surface area contributed by atoms with Crippen molar-refractivity contribution < 1.29 is 10.1 Å². The van der Waals surface area contributed by atoms with Crippen LogP contribution in [0.3, 0.4) is 0 Å². The molecule has 12 heavy (non-hydrogen) atoms. The lowest BCUT2D eigenvalue weighted by molar-refractivity contribution is -0.555.